The van der Waals surface area contributed by atoms with Crippen LogP contribution in [0.5, 0.6) is 0 Å². The molecular weight excluding hydrogens is 234 g/mol. The lowest BCUT2D eigenvalue weighted by molar-refractivity contribution is 0.0988. The fourth-order valence-electron chi connectivity index (χ4n) is 2.00. The molecule has 2 rings (SSSR count). The van der Waals surface area contributed by atoms with E-state index in [0.717, 1.165) is 11.1 Å². The normalized spacial score (nSPS) is 10.3. The van der Waals surface area contributed by atoms with Crippen molar-refractivity contribution in [3.05, 3.63) is 54.1 Å². The van der Waals surface area contributed by atoms with Gasteiger partial charge in [0.1, 0.15) is 0 Å². The fourth-order valence-corrected chi connectivity index (χ4v) is 2.00. The van der Waals surface area contributed by atoms with Crippen LogP contribution in [0.4, 0.5) is 5.69 Å². The molecule has 0 aromatic heterocycles. The highest BCUT2D eigenvalue weighted by Gasteiger charge is 2.04. The lowest BCUT2D eigenvalue weighted by atomic mass is 10.0. The molecule has 0 N–H and O–H groups in total. The van der Waals surface area contributed by atoms with Gasteiger partial charge in [-0.15, -0.1) is 0 Å². The molecular formula is C17H19NO. The van der Waals surface area contributed by atoms with Gasteiger partial charge in [0.05, 0.1) is 0 Å². The Bertz CT molecular complexity index is 553. The van der Waals surface area contributed by atoms with Gasteiger partial charge < -0.3 is 4.90 Å². The van der Waals surface area contributed by atoms with Crippen LogP contribution in [-0.2, 0) is 0 Å². The highest BCUT2D eigenvalue weighted by atomic mass is 16.1. The van der Waals surface area contributed by atoms with Crippen LogP contribution in [0, 0.1) is 0 Å². The second-order valence-corrected chi connectivity index (χ2v) is 4.80. The maximum absolute atomic E-state index is 11.6. The number of hydrogen-bond donors (Lipinski definition) is 0. The smallest absolute Gasteiger partial charge is 0.162 e. The minimum Gasteiger partial charge on any atom is -0.378 e. The Morgan fingerprint density at radius 1 is 0.895 bits per heavy atom. The summed E-state index contributed by atoms with van der Waals surface area (Å²) in [6.07, 6.45) is 0.552. The molecule has 19 heavy (non-hydrogen) atoms. The van der Waals surface area contributed by atoms with Crippen LogP contribution < -0.4 is 4.90 Å². The van der Waals surface area contributed by atoms with Gasteiger partial charge in [0.25, 0.3) is 0 Å². The monoisotopic (exact) mass is 253 g/mol. The molecule has 0 heterocycles. The number of hydrogen-bond acceptors (Lipinski definition) is 2. The summed E-state index contributed by atoms with van der Waals surface area (Å²) in [6.45, 7) is 1.89. The van der Waals surface area contributed by atoms with E-state index in [1.54, 1.807) is 0 Å². The van der Waals surface area contributed by atoms with E-state index < -0.39 is 0 Å². The van der Waals surface area contributed by atoms with Gasteiger partial charge in [0.2, 0.25) is 0 Å². The first-order valence-corrected chi connectivity index (χ1v) is 6.53. The van der Waals surface area contributed by atoms with E-state index in [9.17, 15) is 4.79 Å². The summed E-state index contributed by atoms with van der Waals surface area (Å²) in [5.41, 5.74) is 4.27. The molecule has 0 fully saturated rings. The number of ketones is 1. The van der Waals surface area contributed by atoms with Crippen LogP contribution in [0.2, 0.25) is 0 Å². The number of carbonyl (C=O) groups is 1. The van der Waals surface area contributed by atoms with Crippen molar-refractivity contribution in [2.75, 3.05) is 19.0 Å². The molecule has 0 aliphatic carbocycles. The topological polar surface area (TPSA) is 20.3 Å². The van der Waals surface area contributed by atoms with E-state index in [2.05, 4.69) is 29.2 Å². The molecule has 0 unspecified atom stereocenters. The predicted octanol–water partition coefficient (Wildman–Crippen LogP) is 4.01. The highest BCUT2D eigenvalue weighted by molar-refractivity contribution is 5.96. The molecule has 2 nitrogen and oxygen atoms in total. The van der Waals surface area contributed by atoms with Gasteiger partial charge in [0, 0.05) is 31.8 Å². The number of nitrogens with zero attached hydrogens (tertiary/aromatic N) is 1. The molecule has 2 aromatic carbocycles. The van der Waals surface area contributed by atoms with Crippen molar-refractivity contribution in [3.63, 3.8) is 0 Å². The number of Topliss-reactive ketones (excluding diaryl/α,β-unsaturated/α-hetero) is 1. The zero-order chi connectivity index (χ0) is 13.8. The summed E-state index contributed by atoms with van der Waals surface area (Å²) >= 11 is 0. The lowest BCUT2D eigenvalue weighted by Gasteiger charge is -2.12. The van der Waals surface area contributed by atoms with Crippen molar-refractivity contribution in [2.45, 2.75) is 13.3 Å². The summed E-state index contributed by atoms with van der Waals surface area (Å²) in [7, 11) is 4.06. The first-order valence-electron chi connectivity index (χ1n) is 6.53. The summed E-state index contributed by atoms with van der Waals surface area (Å²) < 4.78 is 0. The zero-order valence-corrected chi connectivity index (χ0v) is 11.7. The third-order valence-electron chi connectivity index (χ3n) is 3.25. The summed E-state index contributed by atoms with van der Waals surface area (Å²) in [4.78, 5) is 13.7. The van der Waals surface area contributed by atoms with Gasteiger partial charge in [-0.3, -0.25) is 4.79 Å². The molecule has 0 saturated carbocycles. The van der Waals surface area contributed by atoms with Crippen LogP contribution in [0.15, 0.2) is 48.5 Å². The van der Waals surface area contributed by atoms with Gasteiger partial charge >= 0.3 is 0 Å². The van der Waals surface area contributed by atoms with Gasteiger partial charge in [-0.05, 0) is 23.3 Å². The molecule has 0 aliphatic rings. The second-order valence-electron chi connectivity index (χ2n) is 4.80. The molecule has 0 amide bonds. The van der Waals surface area contributed by atoms with Crippen molar-refractivity contribution in [1.29, 1.82) is 0 Å². The first kappa shape index (κ1) is 13.3. The minimum absolute atomic E-state index is 0.189. The first-order chi connectivity index (χ1) is 9.11. The standard InChI is InChI=1S/C17H19NO/c1-4-17(19)15-7-5-13(6-8-15)14-9-11-16(12-10-14)18(2)3/h5-12H,4H2,1-3H3. The van der Waals surface area contributed by atoms with Crippen LogP contribution in [0.1, 0.15) is 23.7 Å². The van der Waals surface area contributed by atoms with Crippen LogP contribution in [0.25, 0.3) is 11.1 Å². The molecule has 0 atom stereocenters. The van der Waals surface area contributed by atoms with Gasteiger partial charge in [-0.1, -0.05) is 43.3 Å². The van der Waals surface area contributed by atoms with Crippen LogP contribution in [0.3, 0.4) is 0 Å². The van der Waals surface area contributed by atoms with E-state index in [0.29, 0.717) is 6.42 Å². The molecule has 0 saturated heterocycles. The summed E-state index contributed by atoms with van der Waals surface area (Å²) in [5.74, 6) is 0.189. The van der Waals surface area contributed by atoms with Crippen molar-refractivity contribution >= 4 is 11.5 Å². The molecule has 0 radical (unpaired) electrons. The van der Waals surface area contributed by atoms with Gasteiger partial charge in [-0.25, -0.2) is 0 Å². The van der Waals surface area contributed by atoms with E-state index in [4.69, 9.17) is 0 Å². The third-order valence-corrected chi connectivity index (χ3v) is 3.25. The SMILES string of the molecule is CCC(=O)c1ccc(-c2ccc(N(C)C)cc2)cc1. The van der Waals surface area contributed by atoms with Crippen molar-refractivity contribution < 1.29 is 4.79 Å². The van der Waals surface area contributed by atoms with Crippen molar-refractivity contribution in [1.82, 2.24) is 0 Å². The molecule has 98 valence electrons. The molecule has 0 spiro atoms. The van der Waals surface area contributed by atoms with Crippen LogP contribution >= 0.6 is 0 Å². The van der Waals surface area contributed by atoms with Crippen LogP contribution in [-0.4, -0.2) is 19.9 Å². The fraction of sp³-hybridized carbons (Fsp3) is 0.235. The average Bonchev–Trinajstić information content (AvgIpc) is 2.46. The summed E-state index contributed by atoms with van der Waals surface area (Å²) in [5, 5.41) is 0. The third kappa shape index (κ3) is 3.02. The Labute approximate surface area is 114 Å². The number of rotatable bonds is 4. The average molecular weight is 253 g/mol. The molecule has 0 aliphatic heterocycles. The Balaban J connectivity index is 2.24. The summed E-state index contributed by atoms with van der Waals surface area (Å²) in [6, 6.07) is 16.2. The van der Waals surface area contributed by atoms with E-state index >= 15 is 0 Å². The molecule has 2 heteroatoms. The van der Waals surface area contributed by atoms with E-state index in [1.807, 2.05) is 45.3 Å². The molecule has 0 bridgehead atoms. The van der Waals surface area contributed by atoms with Gasteiger partial charge in [0.15, 0.2) is 5.78 Å². The maximum atomic E-state index is 11.6. The maximum Gasteiger partial charge on any atom is 0.162 e. The van der Waals surface area contributed by atoms with Crippen molar-refractivity contribution in [3.8, 4) is 11.1 Å². The largest absolute Gasteiger partial charge is 0.378 e. The zero-order valence-electron chi connectivity index (χ0n) is 11.7. The van der Waals surface area contributed by atoms with E-state index in [-0.39, 0.29) is 5.78 Å². The van der Waals surface area contributed by atoms with Gasteiger partial charge in [-0.2, -0.15) is 0 Å². The Kier molecular flexibility index (Phi) is 4.00. The number of benzene rings is 2. The minimum atomic E-state index is 0.189. The number of carbonyl (C=O) groups excluding carboxylic acids is 1. The van der Waals surface area contributed by atoms with E-state index in [1.165, 1.54) is 11.3 Å². The lowest BCUT2D eigenvalue weighted by Crippen LogP contribution is -2.07. The Morgan fingerprint density at radius 3 is 1.79 bits per heavy atom. The highest BCUT2D eigenvalue weighted by Crippen LogP contribution is 2.23. The Morgan fingerprint density at radius 2 is 1.37 bits per heavy atom. The second kappa shape index (κ2) is 5.70. The number of anilines is 1. The van der Waals surface area contributed by atoms with Crippen molar-refractivity contribution in [2.24, 2.45) is 0 Å². The Hall–Kier alpha value is -2.09. The molecule has 2 aromatic rings. The quantitative estimate of drug-likeness (QED) is 0.767. The predicted molar refractivity (Wildman–Crippen MR) is 80.8 cm³/mol.